The van der Waals surface area contributed by atoms with E-state index < -0.39 is 22.7 Å². The second-order valence-corrected chi connectivity index (χ2v) is 19.4. The van der Waals surface area contributed by atoms with Crippen LogP contribution >= 0.6 is 0 Å². The number of aromatic nitrogens is 8. The van der Waals surface area contributed by atoms with Gasteiger partial charge >= 0.3 is 39.0 Å². The van der Waals surface area contributed by atoms with Crippen LogP contribution in [0.25, 0.3) is 54.8 Å². The van der Waals surface area contributed by atoms with Crippen LogP contribution in [0.4, 0.5) is 23.8 Å². The van der Waals surface area contributed by atoms with Gasteiger partial charge in [-0.15, -0.1) is 0 Å². The Morgan fingerprint density at radius 2 is 0.561 bits per heavy atom. The van der Waals surface area contributed by atoms with E-state index in [4.69, 9.17) is 30.6 Å². The van der Waals surface area contributed by atoms with Crippen molar-refractivity contribution in [1.29, 1.82) is 0 Å². The minimum Gasteiger partial charge on any atom is -0.383 e. The SMILES string of the molecule is [Zn+2].[Zn+2].c1ccc([C@]23N=C(Nc4nc5ccccc5[nH]4)N[C@@]2(c2ccccc2)N=C(Nc2nc4ccccc4[nH]2)[N-]3)cc1.c1ccc([C@]23N=C(Nc4nc5ccccc5[nH]4)N[C@@]2(c2ccccc2)N=C(Nc2nc4ccccc4[nH]2)[N-]3)cc1. The third kappa shape index (κ3) is 8.67. The molecule has 4 aliphatic rings. The largest absolute Gasteiger partial charge is 2.00 e. The zero-order valence-corrected chi connectivity index (χ0v) is 49.6. The molecule has 0 saturated carbocycles. The van der Waals surface area contributed by atoms with E-state index in [2.05, 4.69) is 71.8 Å². The number of aliphatic imine (C=N–C) groups is 4. The second-order valence-electron chi connectivity index (χ2n) is 19.4. The zero-order chi connectivity index (χ0) is 53.1. The molecule has 16 rings (SSSR count). The van der Waals surface area contributed by atoms with Gasteiger partial charge in [0.1, 0.15) is 23.2 Å². The van der Waals surface area contributed by atoms with E-state index in [9.17, 15) is 0 Å². The molecule has 0 unspecified atom stereocenters. The molecule has 8 heterocycles. The number of H-pyrrole nitrogens is 4. The number of imidazole rings is 4. The van der Waals surface area contributed by atoms with Crippen molar-refractivity contribution in [2.75, 3.05) is 21.3 Å². The molecule has 10 N–H and O–H groups in total. The first kappa shape index (κ1) is 51.4. The summed E-state index contributed by atoms with van der Waals surface area (Å²) in [6.45, 7) is 0. The summed E-state index contributed by atoms with van der Waals surface area (Å²) in [5.74, 6) is 4.08. The Hall–Kier alpha value is -10.0. The van der Waals surface area contributed by atoms with Gasteiger partial charge in [-0.2, -0.15) is 0 Å². The van der Waals surface area contributed by atoms with Crippen LogP contribution in [0.1, 0.15) is 22.3 Å². The smallest absolute Gasteiger partial charge is 0.383 e. The van der Waals surface area contributed by atoms with Gasteiger partial charge in [0.2, 0.25) is 23.8 Å². The number of nitrogens with one attached hydrogen (secondary N) is 10. The summed E-state index contributed by atoms with van der Waals surface area (Å²) in [7, 11) is 0. The summed E-state index contributed by atoms with van der Waals surface area (Å²) >= 11 is 0. The van der Waals surface area contributed by atoms with Crippen molar-refractivity contribution >= 4 is 91.8 Å². The van der Waals surface area contributed by atoms with Crippen LogP contribution < -0.4 is 31.9 Å². The van der Waals surface area contributed by atoms with Crippen LogP contribution in [0.5, 0.6) is 0 Å². The van der Waals surface area contributed by atoms with Crippen LogP contribution in [-0.2, 0) is 61.6 Å². The Balaban J connectivity index is 0.000000150. The number of rotatable bonds is 8. The summed E-state index contributed by atoms with van der Waals surface area (Å²) in [6.07, 6.45) is 0. The molecule has 4 aliphatic heterocycles. The van der Waals surface area contributed by atoms with Crippen molar-refractivity contribution < 1.29 is 39.0 Å². The number of guanidine groups is 4. The standard InChI is InChI=1S/2C30H23N10.2Zn/c2*1-3-11-19(12-4-1)29-30(20-13-5-2-6-14-20,39-27(37-29)35-25-31-21-15-7-8-16-22(21)32-25)40-28(38-29)36-26-33-23-17-9-10-18-24(23)34-26;;/h2*1-18H,(H5-,31,32,33,34,35,36,37,38,39,40);;/q2*-1;2*+2/t2*29-,30+;;. The van der Waals surface area contributed by atoms with Gasteiger partial charge in [0.05, 0.1) is 44.1 Å². The molecule has 4 atom stereocenters. The minimum atomic E-state index is -1.14. The molecule has 388 valence electrons. The van der Waals surface area contributed by atoms with Crippen LogP contribution in [0.2, 0.25) is 0 Å². The number of para-hydroxylation sites is 8. The first-order valence-corrected chi connectivity index (χ1v) is 25.9. The van der Waals surface area contributed by atoms with Crippen molar-refractivity contribution in [3.05, 3.63) is 251 Å². The minimum absolute atomic E-state index is 0. The third-order valence-corrected chi connectivity index (χ3v) is 14.5. The maximum absolute atomic E-state index is 5.18. The number of hydrogen-bond acceptors (Lipinski definition) is 14. The topological polar surface area (TPSA) is 265 Å². The van der Waals surface area contributed by atoms with Crippen LogP contribution in [0.15, 0.2) is 238 Å². The molecule has 4 aromatic heterocycles. The van der Waals surface area contributed by atoms with Crippen molar-refractivity contribution in [1.82, 2.24) is 50.5 Å². The third-order valence-electron chi connectivity index (χ3n) is 14.5. The Bertz CT molecular complexity index is 3730. The van der Waals surface area contributed by atoms with E-state index in [1.807, 2.05) is 218 Å². The fourth-order valence-corrected chi connectivity index (χ4v) is 10.9. The number of benzene rings is 8. The molecule has 0 bridgehead atoms. The van der Waals surface area contributed by atoms with Crippen LogP contribution in [0.3, 0.4) is 0 Å². The Kier molecular flexibility index (Phi) is 12.9. The summed E-state index contributed by atoms with van der Waals surface area (Å²) < 4.78 is 0. The van der Waals surface area contributed by atoms with Crippen LogP contribution in [-0.4, -0.2) is 63.7 Å². The summed E-state index contributed by atoms with van der Waals surface area (Å²) in [4.78, 5) is 52.6. The maximum atomic E-state index is 5.18. The summed E-state index contributed by atoms with van der Waals surface area (Å²) in [5.41, 5.74) is 6.31. The van der Waals surface area contributed by atoms with E-state index in [0.29, 0.717) is 47.6 Å². The van der Waals surface area contributed by atoms with E-state index >= 15 is 0 Å². The van der Waals surface area contributed by atoms with Gasteiger partial charge in [0.25, 0.3) is 0 Å². The van der Waals surface area contributed by atoms with E-state index in [1.165, 1.54) is 0 Å². The predicted molar refractivity (Wildman–Crippen MR) is 314 cm³/mol. The first-order valence-electron chi connectivity index (χ1n) is 25.9. The quantitative estimate of drug-likeness (QED) is 0.0643. The molecule has 12 aromatic rings. The fraction of sp³-hybridized carbons (Fsp3) is 0.0667. The number of hydrogen-bond donors (Lipinski definition) is 10. The molecule has 0 aliphatic carbocycles. The molecule has 0 fully saturated rings. The Labute approximate surface area is 493 Å². The molecule has 82 heavy (non-hydrogen) atoms. The zero-order valence-electron chi connectivity index (χ0n) is 43.7. The predicted octanol–water partition coefficient (Wildman–Crippen LogP) is 10.7. The fourth-order valence-electron chi connectivity index (χ4n) is 10.9. The second kappa shape index (κ2) is 20.6. The van der Waals surface area contributed by atoms with Crippen molar-refractivity contribution in [2.24, 2.45) is 20.0 Å². The van der Waals surface area contributed by atoms with Crippen molar-refractivity contribution in [3.8, 4) is 0 Å². The van der Waals surface area contributed by atoms with E-state index in [1.54, 1.807) is 0 Å². The van der Waals surface area contributed by atoms with Crippen molar-refractivity contribution in [2.45, 2.75) is 22.7 Å². The summed E-state index contributed by atoms with van der Waals surface area (Å²) in [6, 6.07) is 71.6. The van der Waals surface area contributed by atoms with Gasteiger partial charge in [-0.3, -0.25) is 10.6 Å². The van der Waals surface area contributed by atoms with E-state index in [0.717, 1.165) is 66.4 Å². The van der Waals surface area contributed by atoms with Gasteiger partial charge in [-0.25, -0.2) is 29.9 Å². The molecule has 0 spiro atoms. The molecule has 0 radical (unpaired) electrons. The molecule has 8 aromatic carbocycles. The maximum Gasteiger partial charge on any atom is 2.00 e. The molecular weight excluding hydrogens is 1130 g/mol. The Morgan fingerprint density at radius 3 is 0.866 bits per heavy atom. The number of aromatic amines is 4. The normalized spacial score (nSPS) is 20.9. The molecule has 0 amide bonds. The number of fused-ring (bicyclic) bond motifs is 6. The van der Waals surface area contributed by atoms with Gasteiger partial charge in [-0.1, -0.05) is 170 Å². The molecule has 22 heteroatoms. The monoisotopic (exact) mass is 1170 g/mol. The summed E-state index contributed by atoms with van der Waals surface area (Å²) in [5, 5.41) is 30.8. The van der Waals surface area contributed by atoms with Gasteiger partial charge < -0.3 is 61.8 Å². The average Bonchev–Trinajstić information content (AvgIpc) is 2.57. The van der Waals surface area contributed by atoms with E-state index in [-0.39, 0.29) is 39.0 Å². The van der Waals surface area contributed by atoms with Gasteiger partial charge in [0, 0.05) is 11.9 Å². The molecule has 20 nitrogen and oxygen atoms in total. The average molecular weight is 1180 g/mol. The van der Waals surface area contributed by atoms with Gasteiger partial charge in [-0.05, 0) is 70.8 Å². The van der Waals surface area contributed by atoms with Crippen LogP contribution in [0, 0.1) is 0 Å². The Morgan fingerprint density at radius 1 is 0.293 bits per heavy atom. The van der Waals surface area contributed by atoms with Crippen molar-refractivity contribution in [3.63, 3.8) is 0 Å². The molecular formula is C60H46N20Zn2+2. The number of nitrogens with zero attached hydrogens (tertiary/aromatic N) is 10. The molecule has 0 saturated heterocycles. The van der Waals surface area contributed by atoms with Gasteiger partial charge in [0.15, 0.2) is 11.3 Å². The number of anilines is 4. The first-order chi connectivity index (χ1) is 39.4.